The maximum Gasteiger partial charge on any atom is -0.0254 e. The number of aryl methyl sites for hydroxylation is 2. The summed E-state index contributed by atoms with van der Waals surface area (Å²) in [6.45, 7) is 4.28. The van der Waals surface area contributed by atoms with E-state index in [1.807, 2.05) is 18.2 Å². The van der Waals surface area contributed by atoms with Gasteiger partial charge in [0.1, 0.15) is 0 Å². The summed E-state index contributed by atoms with van der Waals surface area (Å²) in [6.07, 6.45) is 8.39. The monoisotopic (exact) mass is 234 g/mol. The van der Waals surface area contributed by atoms with Crippen molar-refractivity contribution < 1.29 is 0 Å². The molecule has 90 valence electrons. The fraction of sp³-hybridized carbons (Fsp3) is 0.111. The summed E-state index contributed by atoms with van der Waals surface area (Å²) in [4.78, 5) is 0. The fourth-order valence-electron chi connectivity index (χ4n) is 1.77. The van der Waals surface area contributed by atoms with Crippen molar-refractivity contribution in [2.75, 3.05) is 0 Å². The average Bonchev–Trinajstić information content (AvgIpc) is 2.40. The third-order valence-electron chi connectivity index (χ3n) is 3.02. The largest absolute Gasteiger partial charge is 0.0622 e. The van der Waals surface area contributed by atoms with Crippen molar-refractivity contribution in [3.63, 3.8) is 0 Å². The molecule has 0 amide bonds. The summed E-state index contributed by atoms with van der Waals surface area (Å²) in [5.74, 6) is 0. The minimum atomic E-state index is 1.22. The first-order valence-corrected chi connectivity index (χ1v) is 6.23. The van der Waals surface area contributed by atoms with E-state index in [4.69, 9.17) is 0 Å². The van der Waals surface area contributed by atoms with Crippen LogP contribution in [0.3, 0.4) is 0 Å². The third kappa shape index (κ3) is 3.46. The number of allylic oxidation sites excluding steroid dienone is 2. The van der Waals surface area contributed by atoms with Crippen LogP contribution >= 0.6 is 0 Å². The van der Waals surface area contributed by atoms with Crippen molar-refractivity contribution in [2.24, 2.45) is 0 Å². The Morgan fingerprint density at radius 2 is 1.33 bits per heavy atom. The molecule has 0 aliphatic carbocycles. The topological polar surface area (TPSA) is 0 Å². The normalized spacial score (nSPS) is 11.4. The standard InChI is InChI=1S/C18H18/c1-15-12-13-18(14-16(15)2)11-7-6-10-17-8-4-3-5-9-17/h3-14H,1-2H3/b10-6+,11-7+. The second-order valence-electron chi connectivity index (χ2n) is 4.47. The molecular formula is C18H18. The molecule has 0 aromatic heterocycles. The highest BCUT2D eigenvalue weighted by molar-refractivity contribution is 5.57. The van der Waals surface area contributed by atoms with Crippen LogP contribution in [0, 0.1) is 13.8 Å². The zero-order valence-corrected chi connectivity index (χ0v) is 10.9. The minimum absolute atomic E-state index is 1.22. The molecule has 0 bridgehead atoms. The molecule has 0 fully saturated rings. The Labute approximate surface area is 109 Å². The van der Waals surface area contributed by atoms with Crippen molar-refractivity contribution in [3.8, 4) is 0 Å². The predicted octanol–water partition coefficient (Wildman–Crippen LogP) is 5.03. The number of hydrogen-bond donors (Lipinski definition) is 0. The summed E-state index contributed by atoms with van der Waals surface area (Å²) in [7, 11) is 0. The molecule has 0 spiro atoms. The lowest BCUT2D eigenvalue weighted by atomic mass is 10.1. The molecule has 0 heterocycles. The Morgan fingerprint density at radius 1 is 0.667 bits per heavy atom. The van der Waals surface area contributed by atoms with Crippen LogP contribution in [-0.4, -0.2) is 0 Å². The lowest BCUT2D eigenvalue weighted by Crippen LogP contribution is -1.80. The van der Waals surface area contributed by atoms with Gasteiger partial charge in [0, 0.05) is 0 Å². The zero-order chi connectivity index (χ0) is 12.8. The van der Waals surface area contributed by atoms with Crippen molar-refractivity contribution in [1.29, 1.82) is 0 Å². The van der Waals surface area contributed by atoms with E-state index in [-0.39, 0.29) is 0 Å². The first-order valence-electron chi connectivity index (χ1n) is 6.23. The van der Waals surface area contributed by atoms with Crippen LogP contribution in [0.2, 0.25) is 0 Å². The molecule has 0 atom stereocenters. The first kappa shape index (κ1) is 12.4. The molecule has 0 unspecified atom stereocenters. The molecule has 0 aliphatic heterocycles. The van der Waals surface area contributed by atoms with E-state index in [9.17, 15) is 0 Å². The van der Waals surface area contributed by atoms with Crippen LogP contribution in [-0.2, 0) is 0 Å². The average molecular weight is 234 g/mol. The van der Waals surface area contributed by atoms with Gasteiger partial charge in [0.15, 0.2) is 0 Å². The van der Waals surface area contributed by atoms with Gasteiger partial charge in [-0.05, 0) is 36.1 Å². The molecule has 0 saturated carbocycles. The molecular weight excluding hydrogens is 216 g/mol. The van der Waals surface area contributed by atoms with Gasteiger partial charge in [-0.15, -0.1) is 0 Å². The fourth-order valence-corrected chi connectivity index (χ4v) is 1.77. The van der Waals surface area contributed by atoms with E-state index in [1.165, 1.54) is 22.3 Å². The van der Waals surface area contributed by atoms with Gasteiger partial charge in [-0.3, -0.25) is 0 Å². The van der Waals surface area contributed by atoms with E-state index in [0.29, 0.717) is 0 Å². The van der Waals surface area contributed by atoms with E-state index >= 15 is 0 Å². The highest BCUT2D eigenvalue weighted by Gasteiger charge is 1.91. The van der Waals surface area contributed by atoms with E-state index in [2.05, 4.69) is 68.5 Å². The molecule has 0 heteroatoms. The molecule has 0 radical (unpaired) electrons. The van der Waals surface area contributed by atoms with Crippen LogP contribution < -0.4 is 0 Å². The molecule has 0 nitrogen and oxygen atoms in total. The second kappa shape index (κ2) is 6.02. The predicted molar refractivity (Wildman–Crippen MR) is 80.4 cm³/mol. The van der Waals surface area contributed by atoms with Gasteiger partial charge in [0.05, 0.1) is 0 Å². The van der Waals surface area contributed by atoms with E-state index < -0.39 is 0 Å². The van der Waals surface area contributed by atoms with Crippen LogP contribution in [0.25, 0.3) is 12.2 Å². The minimum Gasteiger partial charge on any atom is -0.0622 e. The van der Waals surface area contributed by atoms with Crippen LogP contribution in [0.1, 0.15) is 22.3 Å². The Balaban J connectivity index is 2.03. The summed E-state index contributed by atoms with van der Waals surface area (Å²) < 4.78 is 0. The van der Waals surface area contributed by atoms with E-state index in [0.717, 1.165) is 0 Å². The van der Waals surface area contributed by atoms with Crippen molar-refractivity contribution in [3.05, 3.63) is 82.9 Å². The highest BCUT2D eigenvalue weighted by Crippen LogP contribution is 2.11. The van der Waals surface area contributed by atoms with Crippen LogP contribution in [0.5, 0.6) is 0 Å². The maximum atomic E-state index is 2.21. The molecule has 0 saturated heterocycles. The maximum absolute atomic E-state index is 2.21. The van der Waals surface area contributed by atoms with E-state index in [1.54, 1.807) is 0 Å². The third-order valence-corrected chi connectivity index (χ3v) is 3.02. The molecule has 0 N–H and O–H groups in total. The van der Waals surface area contributed by atoms with Gasteiger partial charge >= 0.3 is 0 Å². The van der Waals surface area contributed by atoms with Gasteiger partial charge in [-0.1, -0.05) is 72.8 Å². The molecule has 2 aromatic carbocycles. The van der Waals surface area contributed by atoms with Crippen LogP contribution in [0.15, 0.2) is 60.7 Å². The first-order chi connectivity index (χ1) is 8.75. The van der Waals surface area contributed by atoms with Crippen LogP contribution in [0.4, 0.5) is 0 Å². The summed E-state index contributed by atoms with van der Waals surface area (Å²) in [5.41, 5.74) is 5.15. The van der Waals surface area contributed by atoms with Crippen molar-refractivity contribution >= 4 is 12.2 Å². The lowest BCUT2D eigenvalue weighted by molar-refractivity contribution is 1.33. The van der Waals surface area contributed by atoms with Gasteiger partial charge in [0.25, 0.3) is 0 Å². The SMILES string of the molecule is Cc1ccc(/C=C/C=C/c2ccccc2)cc1C. The number of hydrogen-bond acceptors (Lipinski definition) is 0. The van der Waals surface area contributed by atoms with Crippen molar-refractivity contribution in [1.82, 2.24) is 0 Å². The molecule has 2 rings (SSSR count). The van der Waals surface area contributed by atoms with Gasteiger partial charge in [0.2, 0.25) is 0 Å². The Bertz CT molecular complexity index is 560. The zero-order valence-electron chi connectivity index (χ0n) is 10.9. The lowest BCUT2D eigenvalue weighted by Gasteiger charge is -2.00. The Morgan fingerprint density at radius 3 is 2.00 bits per heavy atom. The van der Waals surface area contributed by atoms with Gasteiger partial charge in [-0.25, -0.2) is 0 Å². The summed E-state index contributed by atoms with van der Waals surface area (Å²) in [6, 6.07) is 16.8. The Hall–Kier alpha value is -2.08. The molecule has 0 aliphatic rings. The number of rotatable bonds is 3. The molecule has 18 heavy (non-hydrogen) atoms. The van der Waals surface area contributed by atoms with Gasteiger partial charge < -0.3 is 0 Å². The molecule has 2 aromatic rings. The summed E-state index contributed by atoms with van der Waals surface area (Å²) in [5, 5.41) is 0. The van der Waals surface area contributed by atoms with Gasteiger partial charge in [-0.2, -0.15) is 0 Å². The quantitative estimate of drug-likeness (QED) is 0.653. The number of benzene rings is 2. The summed E-state index contributed by atoms with van der Waals surface area (Å²) >= 11 is 0. The smallest absolute Gasteiger partial charge is 0.0254 e. The van der Waals surface area contributed by atoms with Crippen molar-refractivity contribution in [2.45, 2.75) is 13.8 Å². The second-order valence-corrected chi connectivity index (χ2v) is 4.47. The Kier molecular flexibility index (Phi) is 4.14. The highest BCUT2D eigenvalue weighted by atomic mass is 14.0.